The highest BCUT2D eigenvalue weighted by atomic mass is 14.9. The number of hydrogen-bond donors (Lipinski definition) is 1. The Balaban J connectivity index is 2.65. The van der Waals surface area contributed by atoms with E-state index in [4.69, 9.17) is 4.98 Å². The predicted molar refractivity (Wildman–Crippen MR) is 83.9 cm³/mol. The van der Waals surface area contributed by atoms with E-state index >= 15 is 0 Å². The Bertz CT molecular complexity index is 585. The lowest BCUT2D eigenvalue weighted by Gasteiger charge is -2.14. The molecule has 0 amide bonds. The van der Waals surface area contributed by atoms with Gasteiger partial charge in [-0.3, -0.25) is 4.98 Å². The molecule has 0 unspecified atom stereocenters. The van der Waals surface area contributed by atoms with Gasteiger partial charge in [0.15, 0.2) is 0 Å². The normalized spacial score (nSPS) is 11.3. The Labute approximate surface area is 116 Å². The smallest absolute Gasteiger partial charge is 0.0757 e. The summed E-state index contributed by atoms with van der Waals surface area (Å²) in [5.74, 6) is 0.629. The third-order valence-electron chi connectivity index (χ3n) is 3.54. The number of anilines is 1. The molecule has 1 aromatic carbocycles. The molecule has 19 heavy (non-hydrogen) atoms. The molecule has 102 valence electrons. The first kappa shape index (κ1) is 13.9. The number of benzene rings is 1. The summed E-state index contributed by atoms with van der Waals surface area (Å²) in [6.07, 6.45) is 1.03. The SMILES string of the molecule is CCNc1cc(CC(C)C)nc2c(C)c(C)ccc12. The highest BCUT2D eigenvalue weighted by Gasteiger charge is 2.09. The van der Waals surface area contributed by atoms with Crippen molar-refractivity contribution in [1.82, 2.24) is 4.98 Å². The van der Waals surface area contributed by atoms with Gasteiger partial charge in [0.2, 0.25) is 0 Å². The lowest BCUT2D eigenvalue weighted by atomic mass is 10.0. The Morgan fingerprint density at radius 2 is 1.95 bits per heavy atom. The number of aryl methyl sites for hydroxylation is 2. The van der Waals surface area contributed by atoms with Crippen LogP contribution >= 0.6 is 0 Å². The molecule has 0 saturated heterocycles. The molecule has 0 saturated carbocycles. The second-order valence-corrected chi connectivity index (χ2v) is 5.69. The van der Waals surface area contributed by atoms with Gasteiger partial charge in [0.05, 0.1) is 5.52 Å². The van der Waals surface area contributed by atoms with Gasteiger partial charge in [0.1, 0.15) is 0 Å². The lowest BCUT2D eigenvalue weighted by Crippen LogP contribution is -2.04. The molecule has 1 heterocycles. The Kier molecular flexibility index (Phi) is 4.08. The average molecular weight is 256 g/mol. The third-order valence-corrected chi connectivity index (χ3v) is 3.54. The maximum Gasteiger partial charge on any atom is 0.0757 e. The zero-order valence-corrected chi connectivity index (χ0v) is 12.7. The van der Waals surface area contributed by atoms with E-state index in [1.54, 1.807) is 0 Å². The van der Waals surface area contributed by atoms with Gasteiger partial charge in [-0.1, -0.05) is 26.0 Å². The van der Waals surface area contributed by atoms with Gasteiger partial charge >= 0.3 is 0 Å². The van der Waals surface area contributed by atoms with E-state index in [9.17, 15) is 0 Å². The molecule has 1 N–H and O–H groups in total. The van der Waals surface area contributed by atoms with E-state index in [0.29, 0.717) is 5.92 Å². The fourth-order valence-electron chi connectivity index (χ4n) is 2.44. The van der Waals surface area contributed by atoms with E-state index < -0.39 is 0 Å². The van der Waals surface area contributed by atoms with Gasteiger partial charge in [-0.25, -0.2) is 0 Å². The number of pyridine rings is 1. The van der Waals surface area contributed by atoms with Gasteiger partial charge in [-0.05, 0) is 50.3 Å². The second-order valence-electron chi connectivity index (χ2n) is 5.69. The van der Waals surface area contributed by atoms with E-state index in [0.717, 1.165) is 18.5 Å². The molecule has 0 fully saturated rings. The first-order chi connectivity index (χ1) is 9.02. The number of hydrogen-bond acceptors (Lipinski definition) is 2. The van der Waals surface area contributed by atoms with Gasteiger partial charge in [-0.2, -0.15) is 0 Å². The maximum atomic E-state index is 4.88. The Morgan fingerprint density at radius 3 is 2.58 bits per heavy atom. The molecule has 0 spiro atoms. The number of fused-ring (bicyclic) bond motifs is 1. The van der Waals surface area contributed by atoms with Crippen LogP contribution in [0, 0.1) is 19.8 Å². The number of aromatic nitrogens is 1. The maximum absolute atomic E-state index is 4.88. The molecule has 0 aliphatic rings. The predicted octanol–water partition coefficient (Wildman–Crippen LogP) is 4.48. The quantitative estimate of drug-likeness (QED) is 0.872. The molecule has 1 aromatic heterocycles. The van der Waals surface area contributed by atoms with Gasteiger partial charge < -0.3 is 5.32 Å². The average Bonchev–Trinajstić information content (AvgIpc) is 2.34. The fourth-order valence-corrected chi connectivity index (χ4v) is 2.44. The fraction of sp³-hybridized carbons (Fsp3) is 0.471. The van der Waals surface area contributed by atoms with E-state index in [2.05, 4.69) is 58.1 Å². The summed E-state index contributed by atoms with van der Waals surface area (Å²) in [6, 6.07) is 6.57. The van der Waals surface area contributed by atoms with Crippen molar-refractivity contribution in [3.8, 4) is 0 Å². The minimum absolute atomic E-state index is 0.629. The van der Waals surface area contributed by atoms with Crippen molar-refractivity contribution < 1.29 is 0 Å². The van der Waals surface area contributed by atoms with Gasteiger partial charge in [0, 0.05) is 23.3 Å². The van der Waals surface area contributed by atoms with Crippen LogP contribution in [0.25, 0.3) is 10.9 Å². The Morgan fingerprint density at radius 1 is 1.21 bits per heavy atom. The van der Waals surface area contributed by atoms with Crippen molar-refractivity contribution in [1.29, 1.82) is 0 Å². The van der Waals surface area contributed by atoms with Crippen molar-refractivity contribution in [2.75, 3.05) is 11.9 Å². The minimum Gasteiger partial charge on any atom is -0.385 e. The molecule has 0 aliphatic carbocycles. The second kappa shape index (κ2) is 5.60. The zero-order chi connectivity index (χ0) is 14.0. The standard InChI is InChI=1S/C17H24N2/c1-6-18-16-10-14(9-11(2)3)19-17-13(5)12(4)7-8-15(16)17/h7-8,10-11H,6,9H2,1-5H3,(H,18,19). The molecular formula is C17H24N2. The monoisotopic (exact) mass is 256 g/mol. The zero-order valence-electron chi connectivity index (χ0n) is 12.7. The highest BCUT2D eigenvalue weighted by Crippen LogP contribution is 2.28. The molecule has 2 nitrogen and oxygen atoms in total. The Hall–Kier alpha value is -1.57. The molecule has 0 atom stereocenters. The van der Waals surface area contributed by atoms with Crippen LogP contribution in [0.2, 0.25) is 0 Å². The number of rotatable bonds is 4. The first-order valence-electron chi connectivity index (χ1n) is 7.16. The summed E-state index contributed by atoms with van der Waals surface area (Å²) < 4.78 is 0. The molecule has 0 radical (unpaired) electrons. The summed E-state index contributed by atoms with van der Waals surface area (Å²) in [6.45, 7) is 11.9. The summed E-state index contributed by atoms with van der Waals surface area (Å²) in [4.78, 5) is 4.88. The van der Waals surface area contributed by atoms with Crippen molar-refractivity contribution in [3.63, 3.8) is 0 Å². The van der Waals surface area contributed by atoms with Crippen LogP contribution in [-0.4, -0.2) is 11.5 Å². The molecule has 2 aromatic rings. The summed E-state index contributed by atoms with van der Waals surface area (Å²) >= 11 is 0. The lowest BCUT2D eigenvalue weighted by molar-refractivity contribution is 0.637. The summed E-state index contributed by atoms with van der Waals surface area (Å²) in [5.41, 5.74) is 6.15. The van der Waals surface area contributed by atoms with E-state index in [1.165, 1.54) is 27.9 Å². The van der Waals surface area contributed by atoms with Crippen LogP contribution in [0.3, 0.4) is 0 Å². The van der Waals surface area contributed by atoms with Gasteiger partial charge in [0.25, 0.3) is 0 Å². The van der Waals surface area contributed by atoms with Crippen molar-refractivity contribution in [2.45, 2.75) is 41.0 Å². The largest absolute Gasteiger partial charge is 0.385 e. The van der Waals surface area contributed by atoms with Gasteiger partial charge in [-0.15, -0.1) is 0 Å². The number of nitrogens with zero attached hydrogens (tertiary/aromatic N) is 1. The van der Waals surface area contributed by atoms with Crippen molar-refractivity contribution in [2.24, 2.45) is 5.92 Å². The highest BCUT2D eigenvalue weighted by molar-refractivity contribution is 5.94. The van der Waals surface area contributed by atoms with Crippen LogP contribution in [-0.2, 0) is 6.42 Å². The van der Waals surface area contributed by atoms with Crippen molar-refractivity contribution >= 4 is 16.6 Å². The first-order valence-corrected chi connectivity index (χ1v) is 7.16. The number of nitrogens with one attached hydrogen (secondary N) is 1. The van der Waals surface area contributed by atoms with E-state index in [-0.39, 0.29) is 0 Å². The minimum atomic E-state index is 0.629. The molecule has 2 heteroatoms. The van der Waals surface area contributed by atoms with Crippen LogP contribution in [0.15, 0.2) is 18.2 Å². The molecule has 2 rings (SSSR count). The van der Waals surface area contributed by atoms with Crippen molar-refractivity contribution in [3.05, 3.63) is 35.0 Å². The summed E-state index contributed by atoms with van der Waals surface area (Å²) in [5, 5.41) is 4.70. The summed E-state index contributed by atoms with van der Waals surface area (Å²) in [7, 11) is 0. The third kappa shape index (κ3) is 2.89. The topological polar surface area (TPSA) is 24.9 Å². The van der Waals surface area contributed by atoms with Crippen LogP contribution in [0.4, 0.5) is 5.69 Å². The van der Waals surface area contributed by atoms with Crippen LogP contribution in [0.1, 0.15) is 37.6 Å². The van der Waals surface area contributed by atoms with Crippen LogP contribution < -0.4 is 5.32 Å². The van der Waals surface area contributed by atoms with E-state index in [1.807, 2.05) is 0 Å². The molecule has 0 bridgehead atoms. The molecule has 0 aliphatic heterocycles. The van der Waals surface area contributed by atoms with Crippen LogP contribution in [0.5, 0.6) is 0 Å². The molecular weight excluding hydrogens is 232 g/mol.